The van der Waals surface area contributed by atoms with Crippen molar-refractivity contribution in [3.63, 3.8) is 0 Å². The molecule has 0 nitrogen and oxygen atoms in total. The van der Waals surface area contributed by atoms with Gasteiger partial charge in [-0.25, -0.2) is 11.1 Å². The van der Waals surface area contributed by atoms with Crippen LogP contribution in [0.25, 0.3) is 65.7 Å². The smallest absolute Gasteiger partial charge is 0 e. The molecule has 0 unspecified atom stereocenters. The Kier molecular flexibility index (Phi) is 6.47. The third kappa shape index (κ3) is 4.11. The number of rotatable bonds is 3. The van der Waals surface area contributed by atoms with Crippen LogP contribution in [0.15, 0.2) is 133 Å². The second-order valence-electron chi connectivity index (χ2n) is 9.14. The molecular weight excluding hydrogens is 521 g/mol. The minimum Gasteiger partial charge on any atom is -0.226 e. The van der Waals surface area contributed by atoms with Gasteiger partial charge in [-0.05, 0) is 49.0 Å². The van der Waals surface area contributed by atoms with E-state index in [0.29, 0.717) is 0 Å². The molecule has 0 heterocycles. The van der Waals surface area contributed by atoms with Crippen LogP contribution in [-0.2, 0) is 32.7 Å². The molecule has 0 atom stereocenters. The van der Waals surface area contributed by atoms with E-state index in [2.05, 4.69) is 127 Å². The Labute approximate surface area is 242 Å². The molecule has 0 saturated carbocycles. The van der Waals surface area contributed by atoms with E-state index in [0.717, 1.165) is 11.1 Å². The maximum Gasteiger partial charge on any atom is 0 e. The predicted molar refractivity (Wildman–Crippen MR) is 153 cm³/mol. The van der Waals surface area contributed by atoms with Gasteiger partial charge in [-0.1, -0.05) is 91.0 Å². The molecule has 171 valence electrons. The van der Waals surface area contributed by atoms with Crippen LogP contribution in [0.5, 0.6) is 0 Å². The third-order valence-corrected chi connectivity index (χ3v) is 7.08. The van der Waals surface area contributed by atoms with Gasteiger partial charge in [-0.3, -0.25) is 0 Å². The second kappa shape index (κ2) is 10.1. The van der Waals surface area contributed by atoms with E-state index in [1.54, 1.807) is 0 Å². The zero-order valence-corrected chi connectivity index (χ0v) is 23.1. The SMILES string of the molecule is [Y].[c-]1ccccc1-c1[c-]ccc(-c2c3ccccc3c(-c3cccc4ccccc34)c3ccccc23)c1. The first-order valence-electron chi connectivity index (χ1n) is 12.3. The standard InChI is InChI=1S/C36H22.Y/c1-2-12-25(13-3-1)27-16-10-17-28(24-27)35-31-19-6-8-21-33(31)36(34-22-9-7-20-32(34)35)30-23-11-15-26-14-4-5-18-29(26)30;/h1-12,14-15,17-24H;/q-2;. The fourth-order valence-electron chi connectivity index (χ4n) is 5.51. The first-order valence-corrected chi connectivity index (χ1v) is 12.3. The van der Waals surface area contributed by atoms with Gasteiger partial charge in [0.1, 0.15) is 0 Å². The molecule has 0 spiro atoms. The molecule has 0 N–H and O–H groups in total. The van der Waals surface area contributed by atoms with Crippen molar-refractivity contribution in [3.05, 3.63) is 146 Å². The van der Waals surface area contributed by atoms with Crippen LogP contribution >= 0.6 is 0 Å². The number of benzene rings is 7. The van der Waals surface area contributed by atoms with Crippen LogP contribution in [0.4, 0.5) is 0 Å². The molecule has 7 rings (SSSR count). The molecule has 0 amide bonds. The van der Waals surface area contributed by atoms with Gasteiger partial charge >= 0.3 is 0 Å². The molecule has 37 heavy (non-hydrogen) atoms. The molecule has 1 radical (unpaired) electrons. The average Bonchev–Trinajstić information content (AvgIpc) is 2.96. The largest absolute Gasteiger partial charge is 0.226 e. The number of fused-ring (bicyclic) bond motifs is 3. The Morgan fingerprint density at radius 2 is 0.973 bits per heavy atom. The van der Waals surface area contributed by atoms with E-state index in [-0.39, 0.29) is 32.7 Å². The fourth-order valence-corrected chi connectivity index (χ4v) is 5.51. The van der Waals surface area contributed by atoms with Crippen LogP contribution in [-0.4, -0.2) is 0 Å². The quantitative estimate of drug-likeness (QED) is 0.154. The van der Waals surface area contributed by atoms with E-state index in [4.69, 9.17) is 0 Å². The van der Waals surface area contributed by atoms with Crippen molar-refractivity contribution in [2.75, 3.05) is 0 Å². The summed E-state index contributed by atoms with van der Waals surface area (Å²) in [6.07, 6.45) is 0. The Morgan fingerprint density at radius 3 is 1.65 bits per heavy atom. The fraction of sp³-hybridized carbons (Fsp3) is 0. The molecule has 0 aliphatic rings. The maximum atomic E-state index is 3.42. The third-order valence-electron chi connectivity index (χ3n) is 7.08. The minimum absolute atomic E-state index is 0. The Balaban J connectivity index is 0.00000252. The van der Waals surface area contributed by atoms with Gasteiger partial charge in [0.05, 0.1) is 0 Å². The van der Waals surface area contributed by atoms with Crippen molar-refractivity contribution in [3.8, 4) is 33.4 Å². The molecule has 0 aliphatic carbocycles. The first-order chi connectivity index (χ1) is 17.9. The number of hydrogen-bond donors (Lipinski definition) is 0. The van der Waals surface area contributed by atoms with E-state index < -0.39 is 0 Å². The van der Waals surface area contributed by atoms with Gasteiger partial charge < -0.3 is 0 Å². The summed E-state index contributed by atoms with van der Waals surface area (Å²) >= 11 is 0. The Bertz CT molecular complexity index is 1820. The summed E-state index contributed by atoms with van der Waals surface area (Å²) in [4.78, 5) is 0. The molecule has 0 bridgehead atoms. The van der Waals surface area contributed by atoms with Crippen LogP contribution in [0.1, 0.15) is 0 Å². The van der Waals surface area contributed by atoms with E-state index in [1.807, 2.05) is 18.2 Å². The van der Waals surface area contributed by atoms with Gasteiger partial charge in [-0.2, -0.15) is 42.5 Å². The minimum atomic E-state index is 0. The van der Waals surface area contributed by atoms with E-state index in [1.165, 1.54) is 54.6 Å². The predicted octanol–water partition coefficient (Wildman–Crippen LogP) is 9.75. The van der Waals surface area contributed by atoms with Gasteiger partial charge in [0, 0.05) is 32.7 Å². The Morgan fingerprint density at radius 1 is 0.405 bits per heavy atom. The van der Waals surface area contributed by atoms with Crippen molar-refractivity contribution in [1.82, 2.24) is 0 Å². The van der Waals surface area contributed by atoms with Crippen molar-refractivity contribution >= 4 is 32.3 Å². The monoisotopic (exact) mass is 543 g/mol. The van der Waals surface area contributed by atoms with E-state index >= 15 is 0 Å². The van der Waals surface area contributed by atoms with Crippen molar-refractivity contribution in [2.45, 2.75) is 0 Å². The van der Waals surface area contributed by atoms with Crippen LogP contribution in [0.2, 0.25) is 0 Å². The topological polar surface area (TPSA) is 0 Å². The zero-order chi connectivity index (χ0) is 23.9. The van der Waals surface area contributed by atoms with Gasteiger partial charge in [0.15, 0.2) is 0 Å². The van der Waals surface area contributed by atoms with Crippen LogP contribution < -0.4 is 0 Å². The van der Waals surface area contributed by atoms with Crippen molar-refractivity contribution < 1.29 is 32.7 Å². The summed E-state index contributed by atoms with van der Waals surface area (Å²) < 4.78 is 0. The maximum absolute atomic E-state index is 3.42. The molecule has 7 aromatic carbocycles. The molecule has 1 heteroatoms. The van der Waals surface area contributed by atoms with E-state index in [9.17, 15) is 0 Å². The summed E-state index contributed by atoms with van der Waals surface area (Å²) in [7, 11) is 0. The molecule has 0 aromatic heterocycles. The molecule has 0 fully saturated rings. The van der Waals surface area contributed by atoms with Crippen LogP contribution in [0, 0.1) is 12.1 Å². The molecule has 0 aliphatic heterocycles. The summed E-state index contributed by atoms with van der Waals surface area (Å²) in [5, 5.41) is 7.59. The normalized spacial score (nSPS) is 11.0. The van der Waals surface area contributed by atoms with Gasteiger partial charge in [-0.15, -0.1) is 17.7 Å². The van der Waals surface area contributed by atoms with Crippen LogP contribution in [0.3, 0.4) is 0 Å². The first kappa shape index (κ1) is 23.8. The van der Waals surface area contributed by atoms with Crippen molar-refractivity contribution in [1.29, 1.82) is 0 Å². The summed E-state index contributed by atoms with van der Waals surface area (Å²) in [5.74, 6) is 0. The Hall–Kier alpha value is -3.58. The van der Waals surface area contributed by atoms with Crippen molar-refractivity contribution in [2.24, 2.45) is 0 Å². The van der Waals surface area contributed by atoms with Gasteiger partial charge in [0.2, 0.25) is 0 Å². The number of hydrogen-bond acceptors (Lipinski definition) is 0. The summed E-state index contributed by atoms with van der Waals surface area (Å²) in [5.41, 5.74) is 7.13. The summed E-state index contributed by atoms with van der Waals surface area (Å²) in [6.45, 7) is 0. The zero-order valence-electron chi connectivity index (χ0n) is 20.3. The summed E-state index contributed by atoms with van der Waals surface area (Å²) in [6, 6.07) is 54.3. The molecule has 0 saturated heterocycles. The van der Waals surface area contributed by atoms with Gasteiger partial charge in [0.25, 0.3) is 0 Å². The molecule has 7 aromatic rings. The molecular formula is C36H22Y-2. The second-order valence-corrected chi connectivity index (χ2v) is 9.14. The average molecular weight is 543 g/mol.